The molecule has 3 heterocycles. The Morgan fingerprint density at radius 3 is 3.09 bits per heavy atom. The van der Waals surface area contributed by atoms with Crippen molar-refractivity contribution < 1.29 is 14.3 Å². The monoisotopic (exact) mass is 339 g/mol. The lowest BCUT2D eigenvalue weighted by Gasteiger charge is -2.12. The van der Waals surface area contributed by atoms with Crippen LogP contribution in [0.25, 0.3) is 0 Å². The number of nitrogens with one attached hydrogen (secondary N) is 1. The number of aryl methyl sites for hydroxylation is 1. The molecule has 0 radical (unpaired) electrons. The number of thiazole rings is 1. The van der Waals surface area contributed by atoms with Crippen LogP contribution in [0, 0.1) is 6.92 Å². The summed E-state index contributed by atoms with van der Waals surface area (Å²) in [7, 11) is 0. The van der Waals surface area contributed by atoms with E-state index in [9.17, 15) is 4.79 Å². The van der Waals surface area contributed by atoms with Gasteiger partial charge in [0.2, 0.25) is 5.88 Å². The van der Waals surface area contributed by atoms with Crippen molar-refractivity contribution in [2.75, 3.05) is 18.5 Å². The van der Waals surface area contributed by atoms with Gasteiger partial charge in [0.25, 0.3) is 5.91 Å². The van der Waals surface area contributed by atoms with Gasteiger partial charge in [-0.3, -0.25) is 10.1 Å². The molecule has 1 fully saturated rings. The summed E-state index contributed by atoms with van der Waals surface area (Å²) < 4.78 is 10.9. The van der Waals surface area contributed by atoms with Gasteiger partial charge >= 0.3 is 0 Å². The van der Waals surface area contributed by atoms with Gasteiger partial charge in [0, 0.05) is 18.0 Å². The number of amides is 1. The Morgan fingerprint density at radius 2 is 2.45 bits per heavy atom. The van der Waals surface area contributed by atoms with E-state index in [0.717, 1.165) is 12.1 Å². The molecule has 0 spiro atoms. The molecule has 0 unspecified atom stereocenters. The van der Waals surface area contributed by atoms with Crippen LogP contribution in [0.3, 0.4) is 0 Å². The third-order valence-electron chi connectivity index (χ3n) is 3.08. The van der Waals surface area contributed by atoms with Crippen molar-refractivity contribution in [3.05, 3.63) is 33.9 Å². The highest BCUT2D eigenvalue weighted by Gasteiger charge is 2.20. The fourth-order valence-corrected chi connectivity index (χ4v) is 2.87. The van der Waals surface area contributed by atoms with Crippen LogP contribution in [0.1, 0.15) is 22.5 Å². The Labute approximate surface area is 136 Å². The van der Waals surface area contributed by atoms with Crippen LogP contribution in [-0.4, -0.2) is 35.2 Å². The maximum absolute atomic E-state index is 12.1. The fourth-order valence-electron chi connectivity index (χ4n) is 1.98. The van der Waals surface area contributed by atoms with Gasteiger partial charge in [0.1, 0.15) is 11.1 Å². The SMILES string of the molecule is Cc1csc(NC(=O)c2cnc(O[C@H]3CCOC3)c(Cl)c2)n1. The smallest absolute Gasteiger partial charge is 0.259 e. The Bertz CT molecular complexity index is 686. The largest absolute Gasteiger partial charge is 0.471 e. The molecule has 8 heteroatoms. The van der Waals surface area contributed by atoms with E-state index in [-0.39, 0.29) is 12.0 Å². The third-order valence-corrected chi connectivity index (χ3v) is 4.22. The van der Waals surface area contributed by atoms with Crippen LogP contribution < -0.4 is 10.1 Å². The van der Waals surface area contributed by atoms with Gasteiger partial charge in [-0.25, -0.2) is 9.97 Å². The number of hydrogen-bond donors (Lipinski definition) is 1. The molecule has 1 saturated heterocycles. The topological polar surface area (TPSA) is 73.3 Å². The van der Waals surface area contributed by atoms with E-state index >= 15 is 0 Å². The number of pyridine rings is 1. The summed E-state index contributed by atoms with van der Waals surface area (Å²) in [4.78, 5) is 20.4. The number of rotatable bonds is 4. The van der Waals surface area contributed by atoms with Crippen molar-refractivity contribution in [3.8, 4) is 5.88 Å². The number of carbonyl (C=O) groups excluding carboxylic acids is 1. The second kappa shape index (κ2) is 6.60. The van der Waals surface area contributed by atoms with Gasteiger partial charge in [-0.05, 0) is 13.0 Å². The minimum absolute atomic E-state index is 0.0389. The molecular formula is C14H14ClN3O3S. The molecule has 1 aliphatic heterocycles. The van der Waals surface area contributed by atoms with Crippen molar-refractivity contribution in [3.63, 3.8) is 0 Å². The summed E-state index contributed by atoms with van der Waals surface area (Å²) in [5, 5.41) is 5.41. The fraction of sp³-hybridized carbons (Fsp3) is 0.357. The molecule has 22 heavy (non-hydrogen) atoms. The molecule has 3 rings (SSSR count). The van der Waals surface area contributed by atoms with Gasteiger partial charge in [-0.15, -0.1) is 11.3 Å². The lowest BCUT2D eigenvalue weighted by atomic mass is 10.2. The first-order valence-corrected chi connectivity index (χ1v) is 8.01. The lowest BCUT2D eigenvalue weighted by Crippen LogP contribution is -2.17. The molecular weight excluding hydrogens is 326 g/mol. The number of nitrogens with zero attached hydrogens (tertiary/aromatic N) is 2. The average molecular weight is 340 g/mol. The average Bonchev–Trinajstić information content (AvgIpc) is 3.13. The van der Waals surface area contributed by atoms with Crippen molar-refractivity contribution >= 4 is 34.0 Å². The van der Waals surface area contributed by atoms with E-state index in [2.05, 4.69) is 15.3 Å². The van der Waals surface area contributed by atoms with Gasteiger partial charge in [-0.1, -0.05) is 11.6 Å². The van der Waals surface area contributed by atoms with Crippen LogP contribution in [0.15, 0.2) is 17.6 Å². The van der Waals surface area contributed by atoms with Gasteiger partial charge in [0.15, 0.2) is 5.13 Å². The number of aromatic nitrogens is 2. The highest BCUT2D eigenvalue weighted by Crippen LogP contribution is 2.25. The van der Waals surface area contributed by atoms with E-state index in [0.29, 0.717) is 34.8 Å². The van der Waals surface area contributed by atoms with E-state index in [1.807, 2.05) is 12.3 Å². The Kier molecular flexibility index (Phi) is 4.56. The first-order valence-electron chi connectivity index (χ1n) is 6.75. The second-order valence-corrected chi connectivity index (χ2v) is 6.13. The predicted molar refractivity (Wildman–Crippen MR) is 83.9 cm³/mol. The third kappa shape index (κ3) is 3.55. The predicted octanol–water partition coefficient (Wildman–Crippen LogP) is 2.92. The first kappa shape index (κ1) is 15.2. The summed E-state index contributed by atoms with van der Waals surface area (Å²) in [6.45, 7) is 3.07. The Hall–Kier alpha value is -1.70. The van der Waals surface area contributed by atoms with Crippen LogP contribution in [0.4, 0.5) is 5.13 Å². The lowest BCUT2D eigenvalue weighted by molar-refractivity contribution is 0.102. The number of anilines is 1. The number of halogens is 1. The van der Waals surface area contributed by atoms with Crippen molar-refractivity contribution in [1.29, 1.82) is 0 Å². The van der Waals surface area contributed by atoms with Crippen molar-refractivity contribution in [1.82, 2.24) is 9.97 Å². The molecule has 0 bridgehead atoms. The van der Waals surface area contributed by atoms with Crippen LogP contribution in [0.5, 0.6) is 5.88 Å². The molecule has 2 aromatic heterocycles. The van der Waals surface area contributed by atoms with Crippen molar-refractivity contribution in [2.24, 2.45) is 0 Å². The number of hydrogen-bond acceptors (Lipinski definition) is 6. The van der Waals surface area contributed by atoms with Crippen LogP contribution in [-0.2, 0) is 4.74 Å². The maximum Gasteiger partial charge on any atom is 0.259 e. The van der Waals surface area contributed by atoms with Crippen LogP contribution >= 0.6 is 22.9 Å². The second-order valence-electron chi connectivity index (χ2n) is 4.86. The summed E-state index contributed by atoms with van der Waals surface area (Å²) in [5.74, 6) is 0.0123. The summed E-state index contributed by atoms with van der Waals surface area (Å²) >= 11 is 7.50. The molecule has 1 amide bonds. The highest BCUT2D eigenvalue weighted by atomic mass is 35.5. The summed E-state index contributed by atoms with van der Waals surface area (Å²) in [5.41, 5.74) is 1.21. The van der Waals surface area contributed by atoms with Crippen LogP contribution in [0.2, 0.25) is 5.02 Å². The Morgan fingerprint density at radius 1 is 1.59 bits per heavy atom. The Balaban J connectivity index is 1.69. The first-order chi connectivity index (χ1) is 10.6. The molecule has 0 saturated carbocycles. The zero-order valence-corrected chi connectivity index (χ0v) is 13.4. The zero-order chi connectivity index (χ0) is 15.5. The molecule has 0 aromatic carbocycles. The molecule has 1 atom stereocenters. The molecule has 116 valence electrons. The standard InChI is InChI=1S/C14H14ClN3O3S/c1-8-7-22-14(17-8)18-12(19)9-4-11(15)13(16-5-9)21-10-2-3-20-6-10/h4-5,7,10H,2-3,6H2,1H3,(H,17,18,19)/t10-/m0/s1. The quantitative estimate of drug-likeness (QED) is 0.927. The normalized spacial score (nSPS) is 17.5. The van der Waals surface area contributed by atoms with E-state index in [1.54, 1.807) is 0 Å². The molecule has 0 aliphatic carbocycles. The van der Waals surface area contributed by atoms with E-state index in [1.165, 1.54) is 23.6 Å². The molecule has 1 aliphatic rings. The van der Waals surface area contributed by atoms with Gasteiger partial charge in [-0.2, -0.15) is 0 Å². The number of carbonyl (C=O) groups is 1. The highest BCUT2D eigenvalue weighted by molar-refractivity contribution is 7.13. The molecule has 2 aromatic rings. The minimum atomic E-state index is -0.306. The van der Waals surface area contributed by atoms with Crippen molar-refractivity contribution in [2.45, 2.75) is 19.4 Å². The van der Waals surface area contributed by atoms with Gasteiger partial charge in [0.05, 0.1) is 24.5 Å². The molecule has 6 nitrogen and oxygen atoms in total. The zero-order valence-electron chi connectivity index (χ0n) is 11.8. The number of ether oxygens (including phenoxy) is 2. The minimum Gasteiger partial charge on any atom is -0.471 e. The maximum atomic E-state index is 12.1. The summed E-state index contributed by atoms with van der Waals surface area (Å²) in [6, 6.07) is 1.54. The van der Waals surface area contributed by atoms with E-state index in [4.69, 9.17) is 21.1 Å². The van der Waals surface area contributed by atoms with E-state index < -0.39 is 0 Å². The molecule has 1 N–H and O–H groups in total. The summed E-state index contributed by atoms with van der Waals surface area (Å²) in [6.07, 6.45) is 2.21. The van der Waals surface area contributed by atoms with Gasteiger partial charge < -0.3 is 9.47 Å².